The Hall–Kier alpha value is -2.60. The van der Waals surface area contributed by atoms with Gasteiger partial charge in [0, 0.05) is 48.8 Å². The molecular formula is C18H19ClN4O2. The molecule has 1 aromatic carbocycles. The van der Waals surface area contributed by atoms with Gasteiger partial charge in [-0.1, -0.05) is 17.7 Å². The van der Waals surface area contributed by atoms with Crippen LogP contribution in [0.3, 0.4) is 0 Å². The lowest BCUT2D eigenvalue weighted by atomic mass is 10.2. The SMILES string of the molecule is Cc1ccc(Nc2ccnc(C(=O)N3CCN(C=O)CC3)c2)cc1Cl. The maximum absolute atomic E-state index is 12.6. The van der Waals surface area contributed by atoms with Gasteiger partial charge in [-0.05, 0) is 36.8 Å². The number of carbonyl (C=O) groups is 2. The van der Waals surface area contributed by atoms with Crippen LogP contribution in [0.5, 0.6) is 0 Å². The number of aryl methyl sites for hydroxylation is 1. The Bertz CT molecular complexity index is 788. The molecule has 7 heteroatoms. The Kier molecular flexibility index (Phi) is 5.19. The molecule has 0 unspecified atom stereocenters. The molecule has 0 spiro atoms. The number of anilines is 2. The van der Waals surface area contributed by atoms with Crippen molar-refractivity contribution in [1.82, 2.24) is 14.8 Å². The lowest BCUT2D eigenvalue weighted by Gasteiger charge is -2.32. The van der Waals surface area contributed by atoms with Gasteiger partial charge in [-0.2, -0.15) is 0 Å². The van der Waals surface area contributed by atoms with Crippen LogP contribution in [0.15, 0.2) is 36.5 Å². The van der Waals surface area contributed by atoms with Gasteiger partial charge in [0.2, 0.25) is 6.41 Å². The second kappa shape index (κ2) is 7.53. The smallest absolute Gasteiger partial charge is 0.272 e. The molecule has 6 nitrogen and oxygen atoms in total. The standard InChI is InChI=1S/C18H19ClN4O2/c1-13-2-3-14(10-16(13)19)21-15-4-5-20-17(11-15)18(25)23-8-6-22(12-24)7-9-23/h2-5,10-12H,6-9H2,1H3,(H,20,21). The number of rotatable bonds is 4. The number of aromatic nitrogens is 1. The van der Waals surface area contributed by atoms with E-state index in [9.17, 15) is 9.59 Å². The average Bonchev–Trinajstić information content (AvgIpc) is 2.64. The monoisotopic (exact) mass is 358 g/mol. The topological polar surface area (TPSA) is 65.5 Å². The number of piperazine rings is 1. The first-order valence-corrected chi connectivity index (χ1v) is 8.42. The van der Waals surface area contributed by atoms with Gasteiger partial charge in [0.1, 0.15) is 5.69 Å². The highest BCUT2D eigenvalue weighted by atomic mass is 35.5. The number of hydrogen-bond acceptors (Lipinski definition) is 4. The molecule has 0 aliphatic carbocycles. The molecule has 2 amide bonds. The molecule has 0 bridgehead atoms. The maximum Gasteiger partial charge on any atom is 0.272 e. The number of benzene rings is 1. The molecule has 130 valence electrons. The average molecular weight is 359 g/mol. The molecule has 2 aromatic rings. The van der Waals surface area contributed by atoms with Gasteiger partial charge in [-0.15, -0.1) is 0 Å². The van der Waals surface area contributed by atoms with Crippen LogP contribution in [0.4, 0.5) is 11.4 Å². The first kappa shape index (κ1) is 17.2. The third kappa shape index (κ3) is 4.09. The molecule has 0 atom stereocenters. The van der Waals surface area contributed by atoms with Crippen molar-refractivity contribution in [3.63, 3.8) is 0 Å². The summed E-state index contributed by atoms with van der Waals surface area (Å²) in [6, 6.07) is 9.24. The summed E-state index contributed by atoms with van der Waals surface area (Å²) in [4.78, 5) is 30.9. The summed E-state index contributed by atoms with van der Waals surface area (Å²) in [5.41, 5.74) is 3.00. The van der Waals surface area contributed by atoms with E-state index in [0.717, 1.165) is 23.3 Å². The van der Waals surface area contributed by atoms with Crippen molar-refractivity contribution in [3.8, 4) is 0 Å². The van der Waals surface area contributed by atoms with Crippen molar-refractivity contribution in [2.45, 2.75) is 6.92 Å². The van der Waals surface area contributed by atoms with Gasteiger partial charge in [0.05, 0.1) is 0 Å². The van der Waals surface area contributed by atoms with E-state index < -0.39 is 0 Å². The van der Waals surface area contributed by atoms with Gasteiger partial charge >= 0.3 is 0 Å². The van der Waals surface area contributed by atoms with E-state index >= 15 is 0 Å². The van der Waals surface area contributed by atoms with Gasteiger partial charge in [0.25, 0.3) is 5.91 Å². The Morgan fingerprint density at radius 2 is 1.88 bits per heavy atom. The fourth-order valence-corrected chi connectivity index (χ4v) is 2.84. The maximum atomic E-state index is 12.6. The minimum atomic E-state index is -0.129. The van der Waals surface area contributed by atoms with Gasteiger partial charge in [0.15, 0.2) is 0 Å². The van der Waals surface area contributed by atoms with Crippen LogP contribution in [0.2, 0.25) is 5.02 Å². The zero-order valence-electron chi connectivity index (χ0n) is 13.9. The van der Waals surface area contributed by atoms with Crippen LogP contribution in [0.1, 0.15) is 16.1 Å². The van der Waals surface area contributed by atoms with E-state index in [4.69, 9.17) is 11.6 Å². The van der Waals surface area contributed by atoms with E-state index in [1.165, 1.54) is 0 Å². The van der Waals surface area contributed by atoms with Gasteiger partial charge in [-0.25, -0.2) is 0 Å². The highest BCUT2D eigenvalue weighted by Crippen LogP contribution is 2.23. The molecule has 25 heavy (non-hydrogen) atoms. The van der Waals surface area contributed by atoms with Gasteiger partial charge < -0.3 is 15.1 Å². The molecule has 1 aliphatic heterocycles. The zero-order chi connectivity index (χ0) is 17.8. The molecule has 2 heterocycles. The first-order chi connectivity index (χ1) is 12.1. The minimum absolute atomic E-state index is 0.129. The third-order valence-electron chi connectivity index (χ3n) is 4.19. The molecular weight excluding hydrogens is 340 g/mol. The normalized spacial score (nSPS) is 14.3. The molecule has 1 aliphatic rings. The number of nitrogens with zero attached hydrogens (tertiary/aromatic N) is 3. The molecule has 1 fully saturated rings. The number of hydrogen-bond donors (Lipinski definition) is 1. The first-order valence-electron chi connectivity index (χ1n) is 8.04. The van der Waals surface area contributed by atoms with Gasteiger partial charge in [-0.3, -0.25) is 14.6 Å². The predicted octanol–water partition coefficient (Wildman–Crippen LogP) is 2.70. The molecule has 1 N–H and O–H groups in total. The van der Waals surface area contributed by atoms with Crippen molar-refractivity contribution in [1.29, 1.82) is 0 Å². The largest absolute Gasteiger partial charge is 0.355 e. The fourth-order valence-electron chi connectivity index (χ4n) is 2.65. The summed E-state index contributed by atoms with van der Waals surface area (Å²) in [6.07, 6.45) is 2.42. The molecule has 1 saturated heterocycles. The summed E-state index contributed by atoms with van der Waals surface area (Å²) in [7, 11) is 0. The van der Waals surface area contributed by atoms with E-state index in [1.54, 1.807) is 28.1 Å². The highest BCUT2D eigenvalue weighted by molar-refractivity contribution is 6.31. The highest BCUT2D eigenvalue weighted by Gasteiger charge is 2.22. The van der Waals surface area contributed by atoms with E-state index in [2.05, 4.69) is 10.3 Å². The van der Waals surface area contributed by atoms with Crippen LogP contribution in [0.25, 0.3) is 0 Å². The summed E-state index contributed by atoms with van der Waals surface area (Å²) in [6.45, 7) is 4.08. The molecule has 0 saturated carbocycles. The van der Waals surface area contributed by atoms with Crippen molar-refractivity contribution >= 4 is 35.3 Å². The number of halogens is 1. The summed E-state index contributed by atoms with van der Waals surface area (Å²) in [5, 5.41) is 3.92. The zero-order valence-corrected chi connectivity index (χ0v) is 14.7. The Labute approximate surface area is 151 Å². The quantitative estimate of drug-likeness (QED) is 0.853. The van der Waals surface area contributed by atoms with Crippen LogP contribution < -0.4 is 5.32 Å². The van der Waals surface area contributed by atoms with Crippen LogP contribution >= 0.6 is 11.6 Å². The van der Waals surface area contributed by atoms with Crippen molar-refractivity contribution in [2.75, 3.05) is 31.5 Å². The number of amides is 2. The summed E-state index contributed by atoms with van der Waals surface area (Å²) >= 11 is 6.15. The Morgan fingerprint density at radius 3 is 2.56 bits per heavy atom. The van der Waals surface area contributed by atoms with Crippen LogP contribution in [-0.2, 0) is 4.79 Å². The second-order valence-corrected chi connectivity index (χ2v) is 6.36. The molecule has 3 rings (SSSR count). The number of carbonyl (C=O) groups excluding carboxylic acids is 2. The fraction of sp³-hybridized carbons (Fsp3) is 0.278. The van der Waals surface area contributed by atoms with Crippen molar-refractivity contribution < 1.29 is 9.59 Å². The Morgan fingerprint density at radius 1 is 1.16 bits per heavy atom. The number of pyridine rings is 1. The van der Waals surface area contributed by atoms with Crippen molar-refractivity contribution in [2.24, 2.45) is 0 Å². The van der Waals surface area contributed by atoms with E-state index in [0.29, 0.717) is 36.9 Å². The predicted molar refractivity (Wildman–Crippen MR) is 97.2 cm³/mol. The lowest BCUT2D eigenvalue weighted by Crippen LogP contribution is -2.48. The summed E-state index contributed by atoms with van der Waals surface area (Å²) < 4.78 is 0. The lowest BCUT2D eigenvalue weighted by molar-refractivity contribution is -0.119. The van der Waals surface area contributed by atoms with E-state index in [-0.39, 0.29) is 5.91 Å². The van der Waals surface area contributed by atoms with E-state index in [1.807, 2.05) is 25.1 Å². The second-order valence-electron chi connectivity index (χ2n) is 5.95. The molecule has 1 aromatic heterocycles. The molecule has 0 radical (unpaired) electrons. The third-order valence-corrected chi connectivity index (χ3v) is 4.60. The van der Waals surface area contributed by atoms with Crippen molar-refractivity contribution in [3.05, 3.63) is 52.8 Å². The minimum Gasteiger partial charge on any atom is -0.355 e. The number of nitrogens with one attached hydrogen (secondary N) is 1. The Balaban J connectivity index is 1.71. The van der Waals surface area contributed by atoms with Crippen LogP contribution in [0, 0.1) is 6.92 Å². The summed E-state index contributed by atoms with van der Waals surface area (Å²) in [5.74, 6) is -0.129. The van der Waals surface area contributed by atoms with Crippen LogP contribution in [-0.4, -0.2) is 53.3 Å².